The van der Waals surface area contributed by atoms with Crippen molar-refractivity contribution in [3.8, 4) is 0 Å². The maximum Gasteiger partial charge on any atom is 0.147 e. The standard InChI is InChI=1S/C15H22BrClN2/c1-9-12(16)13(17)19-14(18-9)10-5-7-11(8-6-10)15(2,3)4/h10-11H,5-8H2,1-4H3. The molecule has 1 saturated carbocycles. The Kier molecular flexibility index (Phi) is 4.56. The molecule has 1 aliphatic rings. The van der Waals surface area contributed by atoms with Gasteiger partial charge in [0.2, 0.25) is 0 Å². The third-order valence-electron chi connectivity index (χ3n) is 4.31. The zero-order chi connectivity index (χ0) is 14.2. The Bertz CT molecular complexity index is 437. The van der Waals surface area contributed by atoms with Crippen molar-refractivity contribution in [3.05, 3.63) is 21.1 Å². The first-order chi connectivity index (χ1) is 8.79. The Hall–Kier alpha value is -0.150. The van der Waals surface area contributed by atoms with Gasteiger partial charge in [-0.1, -0.05) is 32.4 Å². The van der Waals surface area contributed by atoms with E-state index in [2.05, 4.69) is 46.7 Å². The van der Waals surface area contributed by atoms with Gasteiger partial charge >= 0.3 is 0 Å². The van der Waals surface area contributed by atoms with Crippen LogP contribution in [0.3, 0.4) is 0 Å². The molecular formula is C15H22BrClN2. The molecule has 19 heavy (non-hydrogen) atoms. The van der Waals surface area contributed by atoms with Gasteiger partial charge in [-0.25, -0.2) is 9.97 Å². The van der Waals surface area contributed by atoms with Gasteiger partial charge in [0.05, 0.1) is 10.2 Å². The zero-order valence-electron chi connectivity index (χ0n) is 12.1. The Morgan fingerprint density at radius 3 is 2.16 bits per heavy atom. The molecule has 0 amide bonds. The Morgan fingerprint density at radius 2 is 1.68 bits per heavy atom. The van der Waals surface area contributed by atoms with E-state index >= 15 is 0 Å². The molecule has 1 aromatic heterocycles. The van der Waals surface area contributed by atoms with Gasteiger partial charge in [-0.15, -0.1) is 0 Å². The van der Waals surface area contributed by atoms with E-state index in [1.165, 1.54) is 25.7 Å². The summed E-state index contributed by atoms with van der Waals surface area (Å²) in [6.45, 7) is 9.00. The van der Waals surface area contributed by atoms with E-state index in [9.17, 15) is 0 Å². The van der Waals surface area contributed by atoms with Crippen molar-refractivity contribution < 1.29 is 0 Å². The maximum atomic E-state index is 6.14. The second-order valence-electron chi connectivity index (χ2n) is 6.69. The number of hydrogen-bond donors (Lipinski definition) is 0. The van der Waals surface area contributed by atoms with Crippen LogP contribution in [0.25, 0.3) is 0 Å². The maximum absolute atomic E-state index is 6.14. The van der Waals surface area contributed by atoms with Gasteiger partial charge in [0.15, 0.2) is 0 Å². The summed E-state index contributed by atoms with van der Waals surface area (Å²) in [5.41, 5.74) is 1.35. The molecule has 0 unspecified atom stereocenters. The van der Waals surface area contributed by atoms with E-state index in [4.69, 9.17) is 11.6 Å². The predicted octanol–water partition coefficient (Wildman–Crippen LogP) is 5.52. The SMILES string of the molecule is Cc1nc(C2CCC(C(C)(C)C)CC2)nc(Cl)c1Br. The highest BCUT2D eigenvalue weighted by Gasteiger charge is 2.31. The number of aromatic nitrogens is 2. The van der Waals surface area contributed by atoms with Gasteiger partial charge < -0.3 is 0 Å². The molecule has 0 radical (unpaired) electrons. The van der Waals surface area contributed by atoms with Gasteiger partial charge in [-0.05, 0) is 59.9 Å². The lowest BCUT2D eigenvalue weighted by Gasteiger charge is -2.36. The van der Waals surface area contributed by atoms with Gasteiger partial charge in [0.1, 0.15) is 11.0 Å². The van der Waals surface area contributed by atoms with E-state index < -0.39 is 0 Å². The highest BCUT2D eigenvalue weighted by Crippen LogP contribution is 2.42. The van der Waals surface area contributed by atoms with Crippen LogP contribution in [-0.4, -0.2) is 9.97 Å². The van der Waals surface area contributed by atoms with Crippen molar-refractivity contribution in [3.63, 3.8) is 0 Å². The molecule has 0 bridgehead atoms. The van der Waals surface area contributed by atoms with Crippen molar-refractivity contribution in [2.75, 3.05) is 0 Å². The fraction of sp³-hybridized carbons (Fsp3) is 0.733. The van der Waals surface area contributed by atoms with Crippen molar-refractivity contribution in [2.45, 2.75) is 59.3 Å². The summed E-state index contributed by atoms with van der Waals surface area (Å²) < 4.78 is 0.821. The van der Waals surface area contributed by atoms with Gasteiger partial charge in [-0.2, -0.15) is 0 Å². The zero-order valence-corrected chi connectivity index (χ0v) is 14.5. The van der Waals surface area contributed by atoms with Gasteiger partial charge in [-0.3, -0.25) is 0 Å². The first-order valence-electron chi connectivity index (χ1n) is 6.98. The first kappa shape index (κ1) is 15.2. The van der Waals surface area contributed by atoms with Crippen LogP contribution in [0, 0.1) is 18.3 Å². The summed E-state index contributed by atoms with van der Waals surface area (Å²) in [5, 5.41) is 0.542. The fourth-order valence-electron chi connectivity index (χ4n) is 2.95. The number of hydrogen-bond acceptors (Lipinski definition) is 2. The van der Waals surface area contributed by atoms with Crippen LogP contribution in [-0.2, 0) is 0 Å². The third-order valence-corrected chi connectivity index (χ3v) is 5.76. The second kappa shape index (κ2) is 5.69. The van der Waals surface area contributed by atoms with Crippen molar-refractivity contribution in [1.29, 1.82) is 0 Å². The minimum Gasteiger partial charge on any atom is -0.237 e. The van der Waals surface area contributed by atoms with E-state index in [0.717, 1.165) is 21.9 Å². The smallest absolute Gasteiger partial charge is 0.147 e. The van der Waals surface area contributed by atoms with Crippen molar-refractivity contribution in [2.24, 2.45) is 11.3 Å². The summed E-state index contributed by atoms with van der Waals surface area (Å²) in [4.78, 5) is 9.05. The van der Waals surface area contributed by atoms with Crippen LogP contribution in [0.1, 0.15) is 63.9 Å². The monoisotopic (exact) mass is 344 g/mol. The van der Waals surface area contributed by atoms with Crippen LogP contribution in [0.2, 0.25) is 5.15 Å². The Labute approximate surface area is 129 Å². The molecule has 0 saturated heterocycles. The van der Waals surface area contributed by atoms with Crippen LogP contribution in [0.15, 0.2) is 4.47 Å². The molecule has 0 aromatic carbocycles. The van der Waals surface area contributed by atoms with E-state index in [1.807, 2.05) is 6.92 Å². The average molecular weight is 346 g/mol. The number of nitrogens with zero attached hydrogens (tertiary/aromatic N) is 2. The summed E-state index contributed by atoms with van der Waals surface area (Å²) in [7, 11) is 0. The van der Waals surface area contributed by atoms with E-state index in [-0.39, 0.29) is 0 Å². The second-order valence-corrected chi connectivity index (χ2v) is 7.84. The first-order valence-corrected chi connectivity index (χ1v) is 8.15. The molecule has 1 fully saturated rings. The van der Waals surface area contributed by atoms with Crippen molar-refractivity contribution >= 4 is 27.5 Å². The topological polar surface area (TPSA) is 25.8 Å². The van der Waals surface area contributed by atoms with Crippen LogP contribution in [0.5, 0.6) is 0 Å². The summed E-state index contributed by atoms with van der Waals surface area (Å²) in [6.07, 6.45) is 4.90. The predicted molar refractivity (Wildman–Crippen MR) is 83.6 cm³/mol. The average Bonchev–Trinajstić information content (AvgIpc) is 2.34. The van der Waals surface area contributed by atoms with Crippen LogP contribution < -0.4 is 0 Å². The molecule has 1 aliphatic carbocycles. The lowest BCUT2D eigenvalue weighted by molar-refractivity contribution is 0.167. The minimum absolute atomic E-state index is 0.416. The quantitative estimate of drug-likeness (QED) is 0.626. The molecule has 0 aliphatic heterocycles. The molecule has 106 valence electrons. The summed E-state index contributed by atoms with van der Waals surface area (Å²) in [6, 6.07) is 0. The molecule has 1 aromatic rings. The number of aryl methyl sites for hydroxylation is 1. The molecule has 0 spiro atoms. The normalized spacial score (nSPS) is 24.5. The molecule has 0 N–H and O–H groups in total. The molecular weight excluding hydrogens is 324 g/mol. The van der Waals surface area contributed by atoms with Crippen molar-refractivity contribution in [1.82, 2.24) is 9.97 Å². The van der Waals surface area contributed by atoms with E-state index in [0.29, 0.717) is 16.5 Å². The Morgan fingerprint density at radius 1 is 1.11 bits per heavy atom. The van der Waals surface area contributed by atoms with Crippen LogP contribution in [0.4, 0.5) is 0 Å². The number of halogens is 2. The largest absolute Gasteiger partial charge is 0.237 e. The highest BCUT2D eigenvalue weighted by atomic mass is 79.9. The highest BCUT2D eigenvalue weighted by molar-refractivity contribution is 9.10. The summed E-state index contributed by atoms with van der Waals surface area (Å²) in [5.74, 6) is 2.22. The lowest BCUT2D eigenvalue weighted by Crippen LogP contribution is -2.25. The molecule has 1 heterocycles. The molecule has 2 nitrogen and oxygen atoms in total. The summed E-state index contributed by atoms with van der Waals surface area (Å²) >= 11 is 9.56. The molecule has 4 heteroatoms. The lowest BCUT2D eigenvalue weighted by atomic mass is 9.70. The fourth-order valence-corrected chi connectivity index (χ4v) is 3.35. The number of rotatable bonds is 1. The Balaban J connectivity index is 2.10. The van der Waals surface area contributed by atoms with E-state index in [1.54, 1.807) is 0 Å². The minimum atomic E-state index is 0.416. The molecule has 0 atom stereocenters. The van der Waals surface area contributed by atoms with Gasteiger partial charge in [0, 0.05) is 5.92 Å². The van der Waals surface area contributed by atoms with Crippen LogP contribution >= 0.6 is 27.5 Å². The molecule has 2 rings (SSSR count). The van der Waals surface area contributed by atoms with Gasteiger partial charge in [0.25, 0.3) is 0 Å². The third kappa shape index (κ3) is 3.49.